The van der Waals surface area contributed by atoms with Crippen LogP contribution in [0.3, 0.4) is 0 Å². The van der Waals surface area contributed by atoms with Crippen molar-refractivity contribution < 1.29 is 23.9 Å². The molecule has 2 aromatic carbocycles. The Kier molecular flexibility index (Phi) is 5.02. The molecule has 3 N–H and O–H groups in total. The second-order valence-corrected chi connectivity index (χ2v) is 5.57. The Labute approximate surface area is 149 Å². The van der Waals surface area contributed by atoms with Crippen molar-refractivity contribution in [3.05, 3.63) is 59.7 Å². The highest BCUT2D eigenvalue weighted by Crippen LogP contribution is 2.32. The van der Waals surface area contributed by atoms with E-state index in [9.17, 15) is 14.4 Å². The number of amides is 3. The number of carbonyl (C=O) groups is 3. The van der Waals surface area contributed by atoms with E-state index in [1.165, 1.54) is 13.0 Å². The van der Waals surface area contributed by atoms with E-state index in [-0.39, 0.29) is 12.7 Å². The van der Waals surface area contributed by atoms with Crippen molar-refractivity contribution in [3.8, 4) is 11.5 Å². The first-order valence-corrected chi connectivity index (χ1v) is 7.90. The second kappa shape index (κ2) is 7.56. The number of carbonyl (C=O) groups excluding carboxylic acids is 3. The summed E-state index contributed by atoms with van der Waals surface area (Å²) in [6.45, 7) is 1.62. The van der Waals surface area contributed by atoms with Gasteiger partial charge in [0.1, 0.15) is 6.04 Å². The van der Waals surface area contributed by atoms with Gasteiger partial charge in [-0.2, -0.15) is 0 Å². The third kappa shape index (κ3) is 3.92. The van der Waals surface area contributed by atoms with Gasteiger partial charge in [-0.15, -0.1) is 0 Å². The van der Waals surface area contributed by atoms with Crippen LogP contribution in [0.1, 0.15) is 27.6 Å². The van der Waals surface area contributed by atoms with Crippen molar-refractivity contribution in [1.29, 1.82) is 0 Å². The van der Waals surface area contributed by atoms with Crippen LogP contribution in [0.4, 0.5) is 0 Å². The number of hydrazine groups is 1. The Hall–Kier alpha value is -3.55. The molecule has 0 aliphatic carbocycles. The lowest BCUT2D eigenvalue weighted by Crippen LogP contribution is -2.51. The molecule has 0 radical (unpaired) electrons. The number of hydrogen-bond donors (Lipinski definition) is 3. The van der Waals surface area contributed by atoms with Gasteiger partial charge in [-0.3, -0.25) is 25.2 Å². The molecule has 0 saturated carbocycles. The van der Waals surface area contributed by atoms with Crippen LogP contribution < -0.4 is 25.6 Å². The first kappa shape index (κ1) is 17.3. The maximum atomic E-state index is 12.1. The zero-order valence-electron chi connectivity index (χ0n) is 13.9. The number of rotatable bonds is 4. The zero-order valence-corrected chi connectivity index (χ0v) is 13.9. The molecule has 3 rings (SSSR count). The Balaban J connectivity index is 1.51. The van der Waals surface area contributed by atoms with Gasteiger partial charge in [-0.1, -0.05) is 18.2 Å². The van der Waals surface area contributed by atoms with Gasteiger partial charge in [0.2, 0.25) is 6.79 Å². The number of hydrogen-bond acceptors (Lipinski definition) is 5. The number of benzene rings is 2. The first-order chi connectivity index (χ1) is 12.5. The van der Waals surface area contributed by atoms with Gasteiger partial charge in [-0.05, 0) is 37.3 Å². The third-order valence-corrected chi connectivity index (χ3v) is 3.71. The van der Waals surface area contributed by atoms with Crippen molar-refractivity contribution >= 4 is 17.7 Å². The highest BCUT2D eigenvalue weighted by molar-refractivity contribution is 5.99. The van der Waals surface area contributed by atoms with Gasteiger partial charge in [0.05, 0.1) is 0 Å². The van der Waals surface area contributed by atoms with E-state index in [2.05, 4.69) is 16.2 Å². The Bertz CT molecular complexity index is 838. The molecule has 0 fully saturated rings. The standard InChI is InChI=1S/C18H17N3O5/c1-11(19-17(23)12-5-3-2-4-6-12)16(22)20-21-18(24)13-7-8-14-15(9-13)26-10-25-14/h2-9,11H,10H2,1H3,(H,19,23)(H,20,22)(H,21,24). The molecule has 1 aliphatic heterocycles. The lowest BCUT2D eigenvalue weighted by atomic mass is 10.2. The lowest BCUT2D eigenvalue weighted by molar-refractivity contribution is -0.123. The fourth-order valence-electron chi connectivity index (χ4n) is 2.27. The van der Waals surface area contributed by atoms with Crippen LogP contribution in [0, 0.1) is 0 Å². The molecule has 134 valence electrons. The molecule has 0 spiro atoms. The van der Waals surface area contributed by atoms with Gasteiger partial charge in [0, 0.05) is 11.1 Å². The maximum Gasteiger partial charge on any atom is 0.269 e. The van der Waals surface area contributed by atoms with E-state index < -0.39 is 17.9 Å². The van der Waals surface area contributed by atoms with Crippen LogP contribution in [-0.4, -0.2) is 30.6 Å². The van der Waals surface area contributed by atoms with Crippen molar-refractivity contribution in [2.45, 2.75) is 13.0 Å². The fraction of sp³-hybridized carbons (Fsp3) is 0.167. The van der Waals surface area contributed by atoms with E-state index in [0.29, 0.717) is 22.6 Å². The topological polar surface area (TPSA) is 106 Å². The molecular formula is C18H17N3O5. The Morgan fingerprint density at radius 3 is 2.38 bits per heavy atom. The smallest absolute Gasteiger partial charge is 0.269 e. The first-order valence-electron chi connectivity index (χ1n) is 7.90. The molecule has 1 heterocycles. The highest BCUT2D eigenvalue weighted by Gasteiger charge is 2.19. The van der Waals surface area contributed by atoms with Crippen molar-refractivity contribution in [2.75, 3.05) is 6.79 Å². The Morgan fingerprint density at radius 2 is 1.62 bits per heavy atom. The molecule has 0 saturated heterocycles. The van der Waals surface area contributed by atoms with Crippen molar-refractivity contribution in [2.24, 2.45) is 0 Å². The van der Waals surface area contributed by atoms with E-state index in [1.54, 1.807) is 42.5 Å². The zero-order chi connectivity index (χ0) is 18.5. The van der Waals surface area contributed by atoms with Crippen LogP contribution in [0.25, 0.3) is 0 Å². The highest BCUT2D eigenvalue weighted by atomic mass is 16.7. The molecule has 8 heteroatoms. The molecule has 3 amide bonds. The molecule has 2 aromatic rings. The monoisotopic (exact) mass is 355 g/mol. The minimum atomic E-state index is -0.834. The van der Waals surface area contributed by atoms with Crippen LogP contribution in [-0.2, 0) is 4.79 Å². The second-order valence-electron chi connectivity index (χ2n) is 5.57. The maximum absolute atomic E-state index is 12.1. The fourth-order valence-corrected chi connectivity index (χ4v) is 2.27. The van der Waals surface area contributed by atoms with E-state index in [0.717, 1.165) is 0 Å². The Morgan fingerprint density at radius 1 is 0.885 bits per heavy atom. The largest absolute Gasteiger partial charge is 0.454 e. The van der Waals surface area contributed by atoms with E-state index in [1.807, 2.05) is 0 Å². The number of fused-ring (bicyclic) bond motifs is 1. The summed E-state index contributed by atoms with van der Waals surface area (Å²) in [7, 11) is 0. The third-order valence-electron chi connectivity index (χ3n) is 3.71. The summed E-state index contributed by atoms with van der Waals surface area (Å²) in [5.41, 5.74) is 5.32. The average molecular weight is 355 g/mol. The normalized spacial score (nSPS) is 12.8. The SMILES string of the molecule is CC(NC(=O)c1ccccc1)C(=O)NNC(=O)c1ccc2c(c1)OCO2. The molecular weight excluding hydrogens is 338 g/mol. The van der Waals surface area contributed by atoms with E-state index >= 15 is 0 Å². The van der Waals surface area contributed by atoms with Crippen LogP contribution in [0.15, 0.2) is 48.5 Å². The van der Waals surface area contributed by atoms with Crippen molar-refractivity contribution in [1.82, 2.24) is 16.2 Å². The van der Waals surface area contributed by atoms with Crippen molar-refractivity contribution in [3.63, 3.8) is 0 Å². The average Bonchev–Trinajstić information content (AvgIpc) is 3.14. The van der Waals surface area contributed by atoms with Gasteiger partial charge < -0.3 is 14.8 Å². The molecule has 0 aromatic heterocycles. The summed E-state index contributed by atoms with van der Waals surface area (Å²) in [6.07, 6.45) is 0. The molecule has 1 aliphatic rings. The summed E-state index contributed by atoms with van der Waals surface area (Å²) >= 11 is 0. The van der Waals surface area contributed by atoms with Crippen LogP contribution in [0.2, 0.25) is 0 Å². The minimum absolute atomic E-state index is 0.107. The van der Waals surface area contributed by atoms with Gasteiger partial charge in [0.25, 0.3) is 17.7 Å². The van der Waals surface area contributed by atoms with Gasteiger partial charge in [-0.25, -0.2) is 0 Å². The quantitative estimate of drug-likeness (QED) is 0.710. The number of nitrogens with one attached hydrogen (secondary N) is 3. The lowest BCUT2D eigenvalue weighted by Gasteiger charge is -2.14. The molecule has 8 nitrogen and oxygen atoms in total. The molecule has 0 bridgehead atoms. The minimum Gasteiger partial charge on any atom is -0.454 e. The summed E-state index contributed by atoms with van der Waals surface area (Å²) in [5.74, 6) is -0.424. The molecule has 1 unspecified atom stereocenters. The summed E-state index contributed by atoms with van der Waals surface area (Å²) < 4.78 is 10.4. The van der Waals surface area contributed by atoms with Crippen LogP contribution >= 0.6 is 0 Å². The molecule has 26 heavy (non-hydrogen) atoms. The van der Waals surface area contributed by atoms with Gasteiger partial charge >= 0.3 is 0 Å². The predicted octanol–water partition coefficient (Wildman–Crippen LogP) is 0.995. The van der Waals surface area contributed by atoms with Crippen LogP contribution in [0.5, 0.6) is 11.5 Å². The van der Waals surface area contributed by atoms with E-state index in [4.69, 9.17) is 9.47 Å². The predicted molar refractivity (Wildman–Crippen MR) is 91.5 cm³/mol. The summed E-state index contributed by atoms with van der Waals surface area (Å²) in [5, 5.41) is 2.55. The van der Waals surface area contributed by atoms with Gasteiger partial charge in [0.15, 0.2) is 11.5 Å². The summed E-state index contributed by atoms with van der Waals surface area (Å²) in [6, 6.07) is 12.4. The molecule has 1 atom stereocenters. The summed E-state index contributed by atoms with van der Waals surface area (Å²) in [4.78, 5) is 36.2. The number of ether oxygens (including phenoxy) is 2.